The fourth-order valence-electron chi connectivity index (χ4n) is 1.63. The molecule has 1 heterocycles. The number of rotatable bonds is 4. The van der Waals surface area contributed by atoms with Gasteiger partial charge in [-0.25, -0.2) is 32.9 Å². The van der Waals surface area contributed by atoms with Gasteiger partial charge in [0.05, 0.1) is 0 Å². The summed E-state index contributed by atoms with van der Waals surface area (Å²) in [7, 11) is 0. The minimum atomic E-state index is -1.03. The van der Waals surface area contributed by atoms with Crippen molar-refractivity contribution in [3.8, 4) is 6.26 Å². The average molecular weight is 295 g/mol. The standard InChI is InChI=1S/C11H13N5O5/c1-11(2,3)16-9(19)14(5-13-6-17)8(18)15(10(16)20)7-21-4-12/h5,7H2,1-3H3. The van der Waals surface area contributed by atoms with Gasteiger partial charge >= 0.3 is 17.1 Å². The first kappa shape index (κ1) is 16.1. The van der Waals surface area contributed by atoms with Crippen molar-refractivity contribution in [1.82, 2.24) is 13.7 Å². The number of isocyanates is 1. The maximum Gasteiger partial charge on any atom is 0.340 e. The fourth-order valence-corrected chi connectivity index (χ4v) is 1.63. The van der Waals surface area contributed by atoms with Gasteiger partial charge < -0.3 is 4.74 Å². The average Bonchev–Trinajstić information content (AvgIpc) is 2.37. The van der Waals surface area contributed by atoms with E-state index in [1.54, 1.807) is 20.8 Å². The summed E-state index contributed by atoms with van der Waals surface area (Å²) in [6.45, 7) is 3.54. The van der Waals surface area contributed by atoms with Crippen molar-refractivity contribution in [3.05, 3.63) is 31.5 Å². The molecule has 10 nitrogen and oxygen atoms in total. The fraction of sp³-hybridized carbons (Fsp3) is 0.545. The van der Waals surface area contributed by atoms with Crippen molar-refractivity contribution >= 4 is 6.08 Å². The molecule has 112 valence electrons. The molecule has 1 aromatic heterocycles. The summed E-state index contributed by atoms with van der Waals surface area (Å²) < 4.78 is 6.34. The van der Waals surface area contributed by atoms with Crippen LogP contribution in [0.25, 0.3) is 0 Å². The molecular weight excluding hydrogens is 282 g/mol. The maximum absolute atomic E-state index is 12.2. The molecule has 21 heavy (non-hydrogen) atoms. The molecule has 0 bridgehead atoms. The number of hydrogen-bond donors (Lipinski definition) is 0. The lowest BCUT2D eigenvalue weighted by Gasteiger charge is -2.22. The van der Waals surface area contributed by atoms with E-state index in [1.165, 1.54) is 12.3 Å². The first-order valence-electron chi connectivity index (χ1n) is 5.77. The normalized spacial score (nSPS) is 10.6. The van der Waals surface area contributed by atoms with E-state index < -0.39 is 36.0 Å². The van der Waals surface area contributed by atoms with Crippen LogP contribution in [0.2, 0.25) is 0 Å². The van der Waals surface area contributed by atoms with E-state index in [9.17, 15) is 19.2 Å². The highest BCUT2D eigenvalue weighted by Crippen LogP contribution is 2.06. The van der Waals surface area contributed by atoms with Crippen LogP contribution in [-0.4, -0.2) is 19.8 Å². The summed E-state index contributed by atoms with van der Waals surface area (Å²) in [6.07, 6.45) is 2.53. The molecule has 1 aromatic rings. The van der Waals surface area contributed by atoms with E-state index in [2.05, 4.69) is 9.73 Å². The van der Waals surface area contributed by atoms with Crippen molar-refractivity contribution in [2.24, 2.45) is 4.99 Å². The number of carbonyl (C=O) groups excluding carboxylic acids is 1. The molecule has 0 amide bonds. The highest BCUT2D eigenvalue weighted by atomic mass is 16.5. The highest BCUT2D eigenvalue weighted by Gasteiger charge is 2.24. The van der Waals surface area contributed by atoms with Crippen molar-refractivity contribution in [3.63, 3.8) is 0 Å². The summed E-state index contributed by atoms with van der Waals surface area (Å²) in [6, 6.07) is 0. The molecule has 0 aromatic carbocycles. The summed E-state index contributed by atoms with van der Waals surface area (Å²) in [5, 5.41) is 8.37. The smallest absolute Gasteiger partial charge is 0.340 e. The van der Waals surface area contributed by atoms with E-state index in [1.807, 2.05) is 0 Å². The van der Waals surface area contributed by atoms with Crippen LogP contribution >= 0.6 is 0 Å². The van der Waals surface area contributed by atoms with E-state index in [0.29, 0.717) is 9.13 Å². The third-order valence-corrected chi connectivity index (χ3v) is 2.51. The molecule has 0 spiro atoms. The molecule has 0 N–H and O–H groups in total. The van der Waals surface area contributed by atoms with Crippen LogP contribution < -0.4 is 17.1 Å². The molecule has 0 saturated carbocycles. The Bertz CT molecular complexity index is 795. The number of nitriles is 1. The Labute approximate surface area is 118 Å². The number of hydrogen-bond acceptors (Lipinski definition) is 7. The molecule has 1 rings (SSSR count). The SMILES string of the molecule is CC(C)(C)n1c(=O)n(CN=C=O)c(=O)n(COC#N)c1=O. The van der Waals surface area contributed by atoms with E-state index in [0.717, 1.165) is 4.57 Å². The van der Waals surface area contributed by atoms with Crippen LogP contribution in [0.3, 0.4) is 0 Å². The monoisotopic (exact) mass is 295 g/mol. The van der Waals surface area contributed by atoms with E-state index >= 15 is 0 Å². The third kappa shape index (κ3) is 3.16. The van der Waals surface area contributed by atoms with Crippen LogP contribution in [0, 0.1) is 11.5 Å². The zero-order chi connectivity index (χ0) is 16.2. The zero-order valence-electron chi connectivity index (χ0n) is 11.7. The van der Waals surface area contributed by atoms with Crippen molar-refractivity contribution < 1.29 is 9.53 Å². The number of aromatic nitrogens is 3. The first-order chi connectivity index (χ1) is 9.75. The number of nitrogens with zero attached hydrogens (tertiary/aromatic N) is 5. The second-order valence-corrected chi connectivity index (χ2v) is 4.97. The molecular formula is C11H13N5O5. The van der Waals surface area contributed by atoms with E-state index in [4.69, 9.17) is 5.26 Å². The lowest BCUT2D eigenvalue weighted by Crippen LogP contribution is -2.58. The van der Waals surface area contributed by atoms with Gasteiger partial charge in [0.15, 0.2) is 6.73 Å². The van der Waals surface area contributed by atoms with Crippen LogP contribution in [0.5, 0.6) is 0 Å². The van der Waals surface area contributed by atoms with Crippen LogP contribution in [0.1, 0.15) is 20.8 Å². The minimum absolute atomic E-state index is 0.566. The quantitative estimate of drug-likeness (QED) is 0.384. The molecule has 10 heteroatoms. The van der Waals surface area contributed by atoms with Crippen molar-refractivity contribution in [2.45, 2.75) is 39.7 Å². The Morgan fingerprint density at radius 2 is 1.71 bits per heavy atom. The summed E-state index contributed by atoms with van der Waals surface area (Å²) in [5.74, 6) is 0. The lowest BCUT2D eigenvalue weighted by atomic mass is 10.1. The van der Waals surface area contributed by atoms with Gasteiger partial charge in [-0.05, 0) is 20.8 Å². The molecule has 0 atom stereocenters. The second-order valence-electron chi connectivity index (χ2n) is 4.97. The van der Waals surface area contributed by atoms with Crippen molar-refractivity contribution in [1.29, 1.82) is 5.26 Å². The second kappa shape index (κ2) is 6.02. The zero-order valence-corrected chi connectivity index (χ0v) is 11.7. The van der Waals surface area contributed by atoms with Crippen LogP contribution in [0.15, 0.2) is 19.4 Å². The Hall–Kier alpha value is -2.92. The molecule has 0 fully saturated rings. The van der Waals surface area contributed by atoms with Gasteiger partial charge in [0.25, 0.3) is 6.26 Å². The molecule has 0 aliphatic carbocycles. The minimum Gasteiger partial charge on any atom is -0.405 e. The van der Waals surface area contributed by atoms with Gasteiger partial charge in [0.1, 0.15) is 6.67 Å². The molecule has 0 unspecified atom stereocenters. The van der Waals surface area contributed by atoms with Crippen LogP contribution in [-0.2, 0) is 28.5 Å². The maximum atomic E-state index is 12.2. The number of aliphatic imine (C=N–C) groups is 1. The van der Waals surface area contributed by atoms with Gasteiger partial charge in [-0.3, -0.25) is 0 Å². The topological polar surface area (TPSA) is 128 Å². The summed E-state index contributed by atoms with van der Waals surface area (Å²) >= 11 is 0. The third-order valence-electron chi connectivity index (χ3n) is 2.51. The Morgan fingerprint density at radius 1 is 1.14 bits per heavy atom. The molecule has 0 radical (unpaired) electrons. The van der Waals surface area contributed by atoms with Gasteiger partial charge in [-0.2, -0.15) is 10.3 Å². The first-order valence-corrected chi connectivity index (χ1v) is 5.77. The Morgan fingerprint density at radius 3 is 2.19 bits per heavy atom. The van der Waals surface area contributed by atoms with Gasteiger partial charge in [-0.1, -0.05) is 0 Å². The molecule has 0 aliphatic heterocycles. The lowest BCUT2D eigenvalue weighted by molar-refractivity contribution is 0.169. The summed E-state index contributed by atoms with van der Waals surface area (Å²) in [5.41, 5.74) is -3.79. The molecule has 0 aliphatic rings. The summed E-state index contributed by atoms with van der Waals surface area (Å²) in [4.78, 5) is 49.8. The predicted molar refractivity (Wildman–Crippen MR) is 69.0 cm³/mol. The Kier molecular flexibility index (Phi) is 4.63. The van der Waals surface area contributed by atoms with Gasteiger partial charge in [0.2, 0.25) is 6.08 Å². The van der Waals surface area contributed by atoms with Gasteiger partial charge in [-0.15, -0.1) is 0 Å². The van der Waals surface area contributed by atoms with Crippen molar-refractivity contribution in [2.75, 3.05) is 0 Å². The van der Waals surface area contributed by atoms with Gasteiger partial charge in [0, 0.05) is 5.54 Å². The van der Waals surface area contributed by atoms with Crippen LogP contribution in [0.4, 0.5) is 0 Å². The predicted octanol–water partition coefficient (Wildman–Crippen LogP) is -1.32. The Balaban J connectivity index is 3.80. The van der Waals surface area contributed by atoms with E-state index in [-0.39, 0.29) is 0 Å². The highest BCUT2D eigenvalue weighted by molar-refractivity contribution is 5.32. The largest absolute Gasteiger partial charge is 0.405 e. The molecule has 0 saturated heterocycles. The number of ether oxygens (including phenoxy) is 1.